The average molecular weight is 170 g/mol. The predicted molar refractivity (Wildman–Crippen MR) is 46.3 cm³/mol. The summed E-state index contributed by atoms with van der Waals surface area (Å²) < 4.78 is 9.59. The maximum atomic E-state index is 10.6. The van der Waals surface area contributed by atoms with Crippen molar-refractivity contribution >= 4 is 5.97 Å². The van der Waals surface area contributed by atoms with Crippen molar-refractivity contribution in [3.05, 3.63) is 23.7 Å². The first kappa shape index (κ1) is 10.8. The van der Waals surface area contributed by atoms with Crippen molar-refractivity contribution in [1.29, 1.82) is 0 Å². The zero-order valence-electron chi connectivity index (χ0n) is 7.88. The molecule has 0 spiro atoms. The van der Waals surface area contributed by atoms with Gasteiger partial charge in [0.05, 0.1) is 13.4 Å². The number of esters is 1. The standard InChI is InChI=1S/C9H14O3/c1-7(2)9(5-6-11-4)12-8(3)10/h5-6H,1-4H3/b6-5+. The van der Waals surface area contributed by atoms with Crippen LogP contribution in [0.25, 0.3) is 0 Å². The van der Waals surface area contributed by atoms with E-state index in [-0.39, 0.29) is 5.97 Å². The number of methoxy groups -OCH3 is 1. The topological polar surface area (TPSA) is 35.5 Å². The first-order valence-corrected chi connectivity index (χ1v) is 3.63. The Kier molecular flexibility index (Phi) is 4.84. The van der Waals surface area contributed by atoms with Crippen LogP contribution in [0.3, 0.4) is 0 Å². The zero-order chi connectivity index (χ0) is 9.56. The molecule has 0 amide bonds. The Morgan fingerprint density at radius 3 is 2.17 bits per heavy atom. The first-order valence-electron chi connectivity index (χ1n) is 3.63. The highest BCUT2D eigenvalue weighted by Gasteiger charge is 1.99. The molecular formula is C9H14O3. The molecule has 0 atom stereocenters. The molecule has 0 aromatic rings. The molecule has 0 aliphatic rings. The number of rotatable bonds is 3. The third-order valence-corrected chi connectivity index (χ3v) is 1.10. The molecule has 0 aromatic carbocycles. The highest BCUT2D eigenvalue weighted by molar-refractivity contribution is 5.67. The molecule has 0 unspecified atom stereocenters. The first-order chi connectivity index (χ1) is 5.57. The van der Waals surface area contributed by atoms with Gasteiger partial charge in [0.2, 0.25) is 0 Å². The largest absolute Gasteiger partial charge is 0.504 e. The molecule has 0 aliphatic carbocycles. The Balaban J connectivity index is 4.37. The van der Waals surface area contributed by atoms with Crippen molar-refractivity contribution in [2.75, 3.05) is 7.11 Å². The maximum Gasteiger partial charge on any atom is 0.308 e. The van der Waals surface area contributed by atoms with Crippen molar-refractivity contribution in [3.63, 3.8) is 0 Å². The lowest BCUT2D eigenvalue weighted by molar-refractivity contribution is -0.136. The van der Waals surface area contributed by atoms with Crippen molar-refractivity contribution in [1.82, 2.24) is 0 Å². The van der Waals surface area contributed by atoms with Gasteiger partial charge in [-0.1, -0.05) is 0 Å². The molecule has 0 rings (SSSR count). The van der Waals surface area contributed by atoms with Crippen LogP contribution in [-0.4, -0.2) is 13.1 Å². The molecule has 0 radical (unpaired) electrons. The predicted octanol–water partition coefficient (Wildman–Crippen LogP) is 2.00. The summed E-state index contributed by atoms with van der Waals surface area (Å²) in [5.74, 6) is 0.205. The minimum absolute atomic E-state index is 0.327. The van der Waals surface area contributed by atoms with Crippen molar-refractivity contribution in [3.8, 4) is 0 Å². The molecule has 3 heteroatoms. The second-order valence-electron chi connectivity index (χ2n) is 2.50. The van der Waals surface area contributed by atoms with Gasteiger partial charge in [-0.25, -0.2) is 0 Å². The molecule has 0 saturated heterocycles. The fourth-order valence-electron chi connectivity index (χ4n) is 0.587. The van der Waals surface area contributed by atoms with Crippen molar-refractivity contribution < 1.29 is 14.3 Å². The van der Waals surface area contributed by atoms with Crippen molar-refractivity contribution in [2.45, 2.75) is 20.8 Å². The molecule has 0 heterocycles. The molecule has 0 N–H and O–H groups in total. The van der Waals surface area contributed by atoms with E-state index < -0.39 is 0 Å². The van der Waals surface area contributed by atoms with Crippen LogP contribution in [0.4, 0.5) is 0 Å². The Hall–Kier alpha value is -1.25. The fourth-order valence-corrected chi connectivity index (χ4v) is 0.587. The minimum atomic E-state index is -0.327. The normalized spacial score (nSPS) is 9.67. The van der Waals surface area contributed by atoms with E-state index in [1.54, 1.807) is 6.08 Å². The molecular weight excluding hydrogens is 156 g/mol. The Bertz CT molecular complexity index is 210. The summed E-state index contributed by atoms with van der Waals surface area (Å²) in [6.45, 7) is 5.08. The van der Waals surface area contributed by atoms with Crippen LogP contribution in [-0.2, 0) is 14.3 Å². The van der Waals surface area contributed by atoms with E-state index in [0.717, 1.165) is 5.57 Å². The second-order valence-corrected chi connectivity index (χ2v) is 2.50. The highest BCUT2D eigenvalue weighted by atomic mass is 16.5. The van der Waals surface area contributed by atoms with Gasteiger partial charge in [0.25, 0.3) is 0 Å². The monoisotopic (exact) mass is 170 g/mol. The average Bonchev–Trinajstić information content (AvgIpc) is 1.96. The van der Waals surface area contributed by atoms with E-state index in [9.17, 15) is 4.79 Å². The number of hydrogen-bond donors (Lipinski definition) is 0. The summed E-state index contributed by atoms with van der Waals surface area (Å²) >= 11 is 0. The van der Waals surface area contributed by atoms with Gasteiger partial charge >= 0.3 is 5.97 Å². The Labute approximate surface area is 72.7 Å². The summed E-state index contributed by atoms with van der Waals surface area (Å²) in [5.41, 5.74) is 0.929. The van der Waals surface area contributed by atoms with Crippen LogP contribution in [0.15, 0.2) is 23.7 Å². The molecule has 0 saturated carbocycles. The Morgan fingerprint density at radius 2 is 1.83 bits per heavy atom. The van der Waals surface area contributed by atoms with Crippen LogP contribution < -0.4 is 0 Å². The summed E-state index contributed by atoms with van der Waals surface area (Å²) in [4.78, 5) is 10.6. The van der Waals surface area contributed by atoms with Crippen LogP contribution in [0, 0.1) is 0 Å². The number of hydrogen-bond acceptors (Lipinski definition) is 3. The zero-order valence-corrected chi connectivity index (χ0v) is 7.88. The summed E-state index contributed by atoms with van der Waals surface area (Å²) in [7, 11) is 1.53. The van der Waals surface area contributed by atoms with Gasteiger partial charge in [-0.15, -0.1) is 0 Å². The maximum absolute atomic E-state index is 10.6. The number of carbonyl (C=O) groups excluding carboxylic acids is 1. The molecule has 0 bridgehead atoms. The quantitative estimate of drug-likeness (QED) is 0.369. The lowest BCUT2D eigenvalue weighted by Crippen LogP contribution is -1.98. The van der Waals surface area contributed by atoms with Gasteiger partial charge in [0, 0.05) is 13.0 Å². The Morgan fingerprint density at radius 1 is 1.25 bits per heavy atom. The van der Waals surface area contributed by atoms with E-state index in [1.165, 1.54) is 20.3 Å². The minimum Gasteiger partial charge on any atom is -0.504 e. The van der Waals surface area contributed by atoms with E-state index in [1.807, 2.05) is 13.8 Å². The third-order valence-electron chi connectivity index (χ3n) is 1.10. The molecule has 0 fully saturated rings. The summed E-state index contributed by atoms with van der Waals surface area (Å²) in [6, 6.07) is 0. The summed E-state index contributed by atoms with van der Waals surface area (Å²) in [6.07, 6.45) is 3.07. The van der Waals surface area contributed by atoms with E-state index in [4.69, 9.17) is 9.47 Å². The molecule has 12 heavy (non-hydrogen) atoms. The van der Waals surface area contributed by atoms with Gasteiger partial charge in [0.1, 0.15) is 5.76 Å². The molecule has 0 aliphatic heterocycles. The number of carbonyl (C=O) groups is 1. The number of allylic oxidation sites excluding steroid dienone is 2. The van der Waals surface area contributed by atoms with Crippen LogP contribution in [0.2, 0.25) is 0 Å². The smallest absolute Gasteiger partial charge is 0.308 e. The van der Waals surface area contributed by atoms with Crippen LogP contribution in [0.1, 0.15) is 20.8 Å². The van der Waals surface area contributed by atoms with Gasteiger partial charge in [0.15, 0.2) is 0 Å². The lowest BCUT2D eigenvalue weighted by atomic mass is 10.3. The van der Waals surface area contributed by atoms with Gasteiger partial charge in [-0.05, 0) is 19.4 Å². The van der Waals surface area contributed by atoms with Gasteiger partial charge in [-0.3, -0.25) is 4.79 Å². The van der Waals surface area contributed by atoms with Gasteiger partial charge < -0.3 is 9.47 Å². The highest BCUT2D eigenvalue weighted by Crippen LogP contribution is 2.07. The fraction of sp³-hybridized carbons (Fsp3) is 0.444. The summed E-state index contributed by atoms with van der Waals surface area (Å²) in [5, 5.41) is 0. The number of ether oxygens (including phenoxy) is 2. The molecule has 68 valence electrons. The van der Waals surface area contributed by atoms with E-state index in [0.29, 0.717) is 5.76 Å². The van der Waals surface area contributed by atoms with Gasteiger partial charge in [-0.2, -0.15) is 0 Å². The van der Waals surface area contributed by atoms with E-state index >= 15 is 0 Å². The van der Waals surface area contributed by atoms with Crippen molar-refractivity contribution in [2.24, 2.45) is 0 Å². The lowest BCUT2D eigenvalue weighted by Gasteiger charge is -2.03. The van der Waals surface area contributed by atoms with Crippen LogP contribution in [0.5, 0.6) is 0 Å². The molecule has 3 nitrogen and oxygen atoms in total. The van der Waals surface area contributed by atoms with E-state index in [2.05, 4.69) is 0 Å². The second kappa shape index (κ2) is 5.41. The SMILES string of the molecule is CO/C=C/C(OC(C)=O)=C(C)C. The molecule has 0 aromatic heterocycles. The third kappa shape index (κ3) is 4.55. The van der Waals surface area contributed by atoms with Crippen LogP contribution >= 0.6 is 0 Å².